The number of aromatic nitrogens is 1. The van der Waals surface area contributed by atoms with Crippen molar-refractivity contribution in [3.8, 4) is 0 Å². The zero-order valence-electron chi connectivity index (χ0n) is 14.5. The zero-order chi connectivity index (χ0) is 18.4. The summed E-state index contributed by atoms with van der Waals surface area (Å²) >= 11 is 5.56. The minimum Gasteiger partial charge on any atom is -0.339 e. The summed E-state index contributed by atoms with van der Waals surface area (Å²) in [5.41, 5.74) is 3.60. The molecule has 0 radical (unpaired) electrons. The van der Waals surface area contributed by atoms with Crippen molar-refractivity contribution in [2.24, 2.45) is 0 Å². The summed E-state index contributed by atoms with van der Waals surface area (Å²) < 4.78 is 14.0. The topological polar surface area (TPSA) is 28.2 Å². The second-order valence-electron chi connectivity index (χ2n) is 6.07. The van der Waals surface area contributed by atoms with Crippen LogP contribution in [0.4, 0.5) is 10.1 Å². The van der Waals surface area contributed by atoms with Gasteiger partial charge in [-0.05, 0) is 49.0 Å². The fourth-order valence-electron chi connectivity index (χ4n) is 2.56. The first-order valence-electron chi connectivity index (χ1n) is 8.38. The van der Waals surface area contributed by atoms with E-state index in [4.69, 9.17) is 12.2 Å². The van der Waals surface area contributed by atoms with E-state index in [9.17, 15) is 4.39 Å². The van der Waals surface area contributed by atoms with Gasteiger partial charge in [0.2, 0.25) is 0 Å². The number of rotatable bonds is 5. The number of anilines is 1. The predicted octanol–water partition coefficient (Wildman–Crippen LogP) is 4.93. The molecule has 3 aromatic rings. The molecule has 0 aliphatic heterocycles. The summed E-state index contributed by atoms with van der Waals surface area (Å²) in [7, 11) is 0. The first kappa shape index (κ1) is 18.0. The van der Waals surface area contributed by atoms with Gasteiger partial charge in [-0.25, -0.2) is 4.39 Å². The molecule has 0 amide bonds. The quantitative estimate of drug-likeness (QED) is 0.649. The Labute approximate surface area is 158 Å². The molecule has 0 fully saturated rings. The maximum atomic E-state index is 14.0. The summed E-state index contributed by atoms with van der Waals surface area (Å²) in [4.78, 5) is 6.36. The molecule has 0 spiro atoms. The molecule has 26 heavy (non-hydrogen) atoms. The van der Waals surface area contributed by atoms with Crippen LogP contribution >= 0.6 is 12.2 Å². The zero-order valence-corrected chi connectivity index (χ0v) is 15.3. The highest BCUT2D eigenvalue weighted by Gasteiger charge is 2.13. The van der Waals surface area contributed by atoms with Crippen LogP contribution in [0.15, 0.2) is 72.9 Å². The van der Waals surface area contributed by atoms with Crippen LogP contribution in [0.2, 0.25) is 0 Å². The van der Waals surface area contributed by atoms with Crippen molar-refractivity contribution in [1.29, 1.82) is 0 Å². The number of para-hydroxylation sites is 1. The van der Waals surface area contributed by atoms with Gasteiger partial charge >= 0.3 is 0 Å². The minimum atomic E-state index is -0.331. The second kappa shape index (κ2) is 8.54. The summed E-state index contributed by atoms with van der Waals surface area (Å²) in [6.45, 7) is 3.20. The molecule has 0 aliphatic rings. The smallest absolute Gasteiger partial charge is 0.174 e. The Kier molecular flexibility index (Phi) is 5.92. The van der Waals surface area contributed by atoms with E-state index in [0.29, 0.717) is 23.9 Å². The van der Waals surface area contributed by atoms with Crippen LogP contribution in [0.3, 0.4) is 0 Å². The van der Waals surface area contributed by atoms with Crippen LogP contribution in [0, 0.1) is 12.7 Å². The minimum absolute atomic E-state index is 0.331. The summed E-state index contributed by atoms with van der Waals surface area (Å²) in [6, 6.07) is 20.6. The summed E-state index contributed by atoms with van der Waals surface area (Å²) in [6.07, 6.45) is 1.76. The third kappa shape index (κ3) is 4.86. The van der Waals surface area contributed by atoms with Gasteiger partial charge in [0.05, 0.1) is 17.9 Å². The lowest BCUT2D eigenvalue weighted by atomic mass is 10.1. The Morgan fingerprint density at radius 3 is 2.42 bits per heavy atom. The molecule has 3 nitrogen and oxygen atoms in total. The summed E-state index contributed by atoms with van der Waals surface area (Å²) in [5, 5.41) is 3.48. The Hall–Kier alpha value is -2.79. The third-order valence-corrected chi connectivity index (χ3v) is 4.34. The number of nitrogens with one attached hydrogen (secondary N) is 1. The lowest BCUT2D eigenvalue weighted by Crippen LogP contribution is -2.34. The number of benzene rings is 2. The van der Waals surface area contributed by atoms with Crippen LogP contribution in [0.1, 0.15) is 16.8 Å². The third-order valence-electron chi connectivity index (χ3n) is 3.98. The molecular formula is C21H20FN3S. The fraction of sp³-hybridized carbons (Fsp3) is 0.143. The van der Waals surface area contributed by atoms with Crippen molar-refractivity contribution in [3.63, 3.8) is 0 Å². The first-order valence-corrected chi connectivity index (χ1v) is 8.78. The highest BCUT2D eigenvalue weighted by Crippen LogP contribution is 2.16. The molecule has 0 bridgehead atoms. The predicted molar refractivity (Wildman–Crippen MR) is 107 cm³/mol. The maximum Gasteiger partial charge on any atom is 0.174 e. The van der Waals surface area contributed by atoms with Crippen LogP contribution in [0.25, 0.3) is 0 Å². The normalized spacial score (nSPS) is 10.4. The van der Waals surface area contributed by atoms with Gasteiger partial charge in [-0.15, -0.1) is 0 Å². The molecule has 1 aromatic heterocycles. The number of halogens is 1. The molecule has 1 N–H and O–H groups in total. The van der Waals surface area contributed by atoms with Gasteiger partial charge in [0.15, 0.2) is 5.11 Å². The van der Waals surface area contributed by atoms with Crippen LogP contribution < -0.4 is 5.32 Å². The van der Waals surface area contributed by atoms with Crippen LogP contribution in [-0.4, -0.2) is 15.0 Å². The van der Waals surface area contributed by atoms with E-state index in [0.717, 1.165) is 11.3 Å². The molecule has 0 aliphatic carbocycles. The van der Waals surface area contributed by atoms with E-state index in [1.54, 1.807) is 24.4 Å². The molecule has 0 atom stereocenters. The van der Waals surface area contributed by atoms with Gasteiger partial charge in [-0.3, -0.25) is 4.98 Å². The van der Waals surface area contributed by atoms with E-state index in [2.05, 4.69) is 41.5 Å². The van der Waals surface area contributed by atoms with Gasteiger partial charge in [-0.2, -0.15) is 0 Å². The van der Waals surface area contributed by atoms with E-state index in [-0.39, 0.29) is 5.82 Å². The van der Waals surface area contributed by atoms with Gasteiger partial charge in [0.1, 0.15) is 5.82 Å². The maximum absolute atomic E-state index is 14.0. The molecule has 0 unspecified atom stereocenters. The molecule has 0 saturated carbocycles. The van der Waals surface area contributed by atoms with Gasteiger partial charge in [0, 0.05) is 12.7 Å². The lowest BCUT2D eigenvalue weighted by molar-refractivity contribution is 0.407. The van der Waals surface area contributed by atoms with Crippen LogP contribution in [0.5, 0.6) is 0 Å². The number of hydrogen-bond acceptors (Lipinski definition) is 2. The Balaban J connectivity index is 1.80. The number of aryl methyl sites for hydroxylation is 1. The van der Waals surface area contributed by atoms with Crippen molar-refractivity contribution < 1.29 is 4.39 Å². The Bertz CT molecular complexity index is 866. The molecule has 5 heteroatoms. The largest absolute Gasteiger partial charge is 0.339 e. The van der Waals surface area contributed by atoms with Crippen LogP contribution in [-0.2, 0) is 13.1 Å². The average molecular weight is 365 g/mol. The van der Waals surface area contributed by atoms with E-state index in [1.165, 1.54) is 11.6 Å². The fourth-order valence-corrected chi connectivity index (χ4v) is 2.80. The van der Waals surface area contributed by atoms with Gasteiger partial charge < -0.3 is 10.2 Å². The summed E-state index contributed by atoms with van der Waals surface area (Å²) in [5.74, 6) is -0.331. The Morgan fingerprint density at radius 2 is 1.73 bits per heavy atom. The Morgan fingerprint density at radius 1 is 1.00 bits per heavy atom. The molecular weight excluding hydrogens is 345 g/mol. The standard InChI is InChI=1S/C21H20FN3S/c1-16-9-11-17(12-10-16)14-25(15-18-6-4-5-13-23-18)21(26)24-20-8-3-2-7-19(20)22/h2-13H,14-15H2,1H3,(H,24,26). The second-order valence-corrected chi connectivity index (χ2v) is 6.46. The van der Waals surface area contributed by atoms with E-state index in [1.807, 2.05) is 23.1 Å². The monoisotopic (exact) mass is 365 g/mol. The first-order chi connectivity index (χ1) is 12.6. The van der Waals surface area contributed by atoms with Crippen molar-refractivity contribution in [1.82, 2.24) is 9.88 Å². The van der Waals surface area contributed by atoms with Gasteiger partial charge in [-0.1, -0.05) is 48.0 Å². The lowest BCUT2D eigenvalue weighted by Gasteiger charge is -2.26. The number of hydrogen-bond donors (Lipinski definition) is 1. The number of nitrogens with zero attached hydrogens (tertiary/aromatic N) is 2. The number of thiocarbonyl (C=S) groups is 1. The van der Waals surface area contributed by atoms with Gasteiger partial charge in [0.25, 0.3) is 0 Å². The SMILES string of the molecule is Cc1ccc(CN(Cc2ccccn2)C(=S)Nc2ccccc2F)cc1. The highest BCUT2D eigenvalue weighted by atomic mass is 32.1. The van der Waals surface area contributed by atoms with E-state index >= 15 is 0 Å². The highest BCUT2D eigenvalue weighted by molar-refractivity contribution is 7.80. The molecule has 132 valence electrons. The molecule has 0 saturated heterocycles. The van der Waals surface area contributed by atoms with Crippen molar-refractivity contribution in [2.45, 2.75) is 20.0 Å². The van der Waals surface area contributed by atoms with E-state index < -0.39 is 0 Å². The molecule has 2 aromatic carbocycles. The van der Waals surface area contributed by atoms with Crippen molar-refractivity contribution >= 4 is 23.0 Å². The van der Waals surface area contributed by atoms with Crippen molar-refractivity contribution in [3.05, 3.63) is 95.6 Å². The average Bonchev–Trinajstić information content (AvgIpc) is 2.65. The molecule has 1 heterocycles. The van der Waals surface area contributed by atoms with Crippen molar-refractivity contribution in [2.75, 3.05) is 5.32 Å². The molecule has 3 rings (SSSR count). The number of pyridine rings is 1.